The molecule has 0 amide bonds. The maximum atomic E-state index is 13.2. The van der Waals surface area contributed by atoms with Gasteiger partial charge in [-0.2, -0.15) is 0 Å². The molecule has 1 aliphatic rings. The number of carbonyl (C=O) groups is 2. The normalized spacial score (nSPS) is 18.8. The van der Waals surface area contributed by atoms with Crippen LogP contribution in [0.3, 0.4) is 0 Å². The molecule has 4 nitrogen and oxygen atoms in total. The molecule has 1 heterocycles. The van der Waals surface area contributed by atoms with E-state index in [4.69, 9.17) is 4.74 Å². The van der Waals surface area contributed by atoms with Gasteiger partial charge in [0.1, 0.15) is 5.92 Å². The number of H-pyrrole nitrogens is 1. The zero-order valence-electron chi connectivity index (χ0n) is 14.7. The van der Waals surface area contributed by atoms with Crippen molar-refractivity contribution in [1.29, 1.82) is 0 Å². The fourth-order valence-corrected chi connectivity index (χ4v) is 4.38. The number of para-hydroxylation sites is 1. The Hall–Kier alpha value is -3.40. The first-order valence-corrected chi connectivity index (χ1v) is 8.91. The number of benzene rings is 3. The van der Waals surface area contributed by atoms with Gasteiger partial charge in [0, 0.05) is 16.8 Å². The fraction of sp³-hybridized carbons (Fsp3) is 0.130. The van der Waals surface area contributed by atoms with Gasteiger partial charge in [-0.25, -0.2) is 0 Å². The second kappa shape index (κ2) is 5.81. The van der Waals surface area contributed by atoms with Crippen molar-refractivity contribution < 1.29 is 14.3 Å². The minimum Gasteiger partial charge on any atom is -0.468 e. The first-order chi connectivity index (χ1) is 13.2. The lowest BCUT2D eigenvalue weighted by molar-refractivity contribution is -0.143. The van der Waals surface area contributed by atoms with Gasteiger partial charge in [0.05, 0.1) is 12.8 Å². The average Bonchev–Trinajstić information content (AvgIpc) is 3.22. The highest BCUT2D eigenvalue weighted by atomic mass is 16.5. The Kier molecular flexibility index (Phi) is 3.41. The second-order valence-electron chi connectivity index (χ2n) is 6.87. The lowest BCUT2D eigenvalue weighted by Gasteiger charge is -2.20. The lowest BCUT2D eigenvalue weighted by atomic mass is 9.82. The van der Waals surface area contributed by atoms with E-state index >= 15 is 0 Å². The maximum absolute atomic E-state index is 13.2. The van der Waals surface area contributed by atoms with Crippen molar-refractivity contribution in [2.75, 3.05) is 7.11 Å². The van der Waals surface area contributed by atoms with Gasteiger partial charge in [-0.15, -0.1) is 0 Å². The molecule has 132 valence electrons. The summed E-state index contributed by atoms with van der Waals surface area (Å²) in [4.78, 5) is 29.0. The molecule has 4 aromatic rings. The number of rotatable bonds is 2. The molecule has 0 fully saturated rings. The van der Waals surface area contributed by atoms with Gasteiger partial charge in [-0.1, -0.05) is 60.7 Å². The van der Waals surface area contributed by atoms with Crippen molar-refractivity contribution in [3.63, 3.8) is 0 Å². The van der Waals surface area contributed by atoms with Crippen LogP contribution in [-0.4, -0.2) is 23.8 Å². The van der Waals surface area contributed by atoms with E-state index < -0.39 is 11.9 Å². The number of esters is 1. The SMILES string of the molecule is COC(=O)[C@@H]1C(=O)c2[nH]c3ccccc3c2[C@H]1c1cccc2ccccc12. The number of nitrogens with one attached hydrogen (secondary N) is 1. The van der Waals surface area contributed by atoms with Crippen LogP contribution in [0.1, 0.15) is 27.5 Å². The van der Waals surface area contributed by atoms with Gasteiger partial charge < -0.3 is 9.72 Å². The van der Waals surface area contributed by atoms with Crippen LogP contribution in [0, 0.1) is 5.92 Å². The van der Waals surface area contributed by atoms with Crippen LogP contribution in [0.2, 0.25) is 0 Å². The summed E-state index contributed by atoms with van der Waals surface area (Å²) in [6.07, 6.45) is 0. The van der Waals surface area contributed by atoms with Crippen molar-refractivity contribution in [1.82, 2.24) is 4.98 Å². The van der Waals surface area contributed by atoms with Crippen LogP contribution in [-0.2, 0) is 9.53 Å². The molecule has 0 spiro atoms. The smallest absolute Gasteiger partial charge is 0.317 e. The van der Waals surface area contributed by atoms with Crippen molar-refractivity contribution in [2.45, 2.75) is 5.92 Å². The van der Waals surface area contributed by atoms with Gasteiger partial charge in [-0.05, 0) is 28.0 Å². The van der Waals surface area contributed by atoms with E-state index in [0.29, 0.717) is 5.69 Å². The van der Waals surface area contributed by atoms with E-state index in [1.54, 1.807) is 0 Å². The number of methoxy groups -OCH3 is 1. The molecule has 5 rings (SSSR count). The molecule has 2 atom stereocenters. The fourth-order valence-electron chi connectivity index (χ4n) is 4.38. The third-order valence-electron chi connectivity index (χ3n) is 5.53. The Bertz CT molecular complexity index is 1220. The first-order valence-electron chi connectivity index (χ1n) is 8.91. The summed E-state index contributed by atoms with van der Waals surface area (Å²) in [5.74, 6) is -1.94. The van der Waals surface area contributed by atoms with Gasteiger partial charge in [-0.3, -0.25) is 9.59 Å². The molecule has 0 aliphatic heterocycles. The molecule has 3 aromatic carbocycles. The van der Waals surface area contributed by atoms with E-state index in [2.05, 4.69) is 4.98 Å². The molecule has 27 heavy (non-hydrogen) atoms. The summed E-state index contributed by atoms with van der Waals surface area (Å²) in [5.41, 5.74) is 3.29. The zero-order chi connectivity index (χ0) is 18.5. The Labute approximate surface area is 155 Å². The second-order valence-corrected chi connectivity index (χ2v) is 6.87. The van der Waals surface area contributed by atoms with Crippen LogP contribution in [0.5, 0.6) is 0 Å². The number of hydrogen-bond acceptors (Lipinski definition) is 3. The molecular formula is C23H17NO3. The molecule has 0 saturated carbocycles. The number of Topliss-reactive ketones (excluding diaryl/α,β-unsaturated/α-hetero) is 1. The predicted octanol–water partition coefficient (Wildman–Crippen LogP) is 4.44. The van der Waals surface area contributed by atoms with Gasteiger partial charge >= 0.3 is 5.97 Å². The van der Waals surface area contributed by atoms with Crippen molar-refractivity contribution in [2.24, 2.45) is 5.92 Å². The molecular weight excluding hydrogens is 338 g/mol. The summed E-state index contributed by atoms with van der Waals surface area (Å²) in [6, 6.07) is 21.9. The highest BCUT2D eigenvalue weighted by Gasteiger charge is 2.48. The van der Waals surface area contributed by atoms with Crippen LogP contribution < -0.4 is 0 Å². The summed E-state index contributed by atoms with van der Waals surface area (Å²) >= 11 is 0. The largest absolute Gasteiger partial charge is 0.468 e. The highest BCUT2D eigenvalue weighted by molar-refractivity contribution is 6.16. The van der Waals surface area contributed by atoms with E-state index in [0.717, 1.165) is 32.8 Å². The topological polar surface area (TPSA) is 59.2 Å². The molecule has 4 heteroatoms. The summed E-state index contributed by atoms with van der Waals surface area (Å²) in [7, 11) is 1.33. The number of aromatic amines is 1. The molecule has 1 aromatic heterocycles. The highest BCUT2D eigenvalue weighted by Crippen LogP contribution is 2.47. The first kappa shape index (κ1) is 15.8. The molecule has 1 aliphatic carbocycles. The minimum absolute atomic E-state index is 0.203. The van der Waals surface area contributed by atoms with E-state index in [9.17, 15) is 9.59 Å². The van der Waals surface area contributed by atoms with E-state index in [1.165, 1.54) is 7.11 Å². The standard InChI is InChI=1S/C23H17NO3/c1-27-23(26)20-18(15-11-6-8-13-7-2-3-9-14(13)15)19-16-10-4-5-12-17(16)24-21(19)22(20)25/h2-12,18,20,24H,1H3/t18-,20+/m1/s1. The molecule has 0 radical (unpaired) electrons. The van der Waals surface area contributed by atoms with Gasteiger partial charge in [0.2, 0.25) is 0 Å². The monoisotopic (exact) mass is 355 g/mol. The Balaban J connectivity index is 1.85. The molecule has 0 unspecified atom stereocenters. The lowest BCUT2D eigenvalue weighted by Crippen LogP contribution is -2.26. The number of carbonyl (C=O) groups excluding carboxylic acids is 2. The van der Waals surface area contributed by atoms with Gasteiger partial charge in [0.15, 0.2) is 5.78 Å². The Morgan fingerprint density at radius 2 is 1.63 bits per heavy atom. The van der Waals surface area contributed by atoms with Crippen molar-refractivity contribution in [3.05, 3.63) is 83.6 Å². The van der Waals surface area contributed by atoms with E-state index in [-0.39, 0.29) is 11.7 Å². The molecule has 0 saturated heterocycles. The Morgan fingerprint density at radius 1 is 0.926 bits per heavy atom. The van der Waals surface area contributed by atoms with Gasteiger partial charge in [0.25, 0.3) is 0 Å². The number of ether oxygens (including phenoxy) is 1. The third-order valence-corrected chi connectivity index (χ3v) is 5.53. The van der Waals surface area contributed by atoms with Crippen molar-refractivity contribution in [3.8, 4) is 0 Å². The molecule has 0 bridgehead atoms. The van der Waals surface area contributed by atoms with Crippen molar-refractivity contribution >= 4 is 33.4 Å². The number of aromatic nitrogens is 1. The zero-order valence-corrected chi connectivity index (χ0v) is 14.7. The third kappa shape index (κ3) is 2.16. The summed E-state index contributed by atoms with van der Waals surface area (Å²) < 4.78 is 5.01. The number of hydrogen-bond donors (Lipinski definition) is 1. The van der Waals surface area contributed by atoms with E-state index in [1.807, 2.05) is 66.7 Å². The average molecular weight is 355 g/mol. The summed E-state index contributed by atoms with van der Waals surface area (Å²) in [5, 5.41) is 3.11. The van der Waals surface area contributed by atoms with Crippen LogP contribution >= 0.6 is 0 Å². The number of fused-ring (bicyclic) bond motifs is 4. The summed E-state index contributed by atoms with van der Waals surface area (Å²) in [6.45, 7) is 0. The molecule has 1 N–H and O–H groups in total. The van der Waals surface area contributed by atoms with Crippen LogP contribution in [0.25, 0.3) is 21.7 Å². The quantitative estimate of drug-likeness (QED) is 0.427. The number of ketones is 1. The minimum atomic E-state index is -0.869. The predicted molar refractivity (Wildman–Crippen MR) is 104 cm³/mol. The maximum Gasteiger partial charge on any atom is 0.317 e. The van der Waals surface area contributed by atoms with Crippen LogP contribution in [0.15, 0.2) is 66.7 Å². The Morgan fingerprint density at radius 3 is 2.44 bits per heavy atom. The van der Waals surface area contributed by atoms with Crippen LogP contribution in [0.4, 0.5) is 0 Å².